The van der Waals surface area contributed by atoms with E-state index >= 15 is 0 Å². The zero-order valence-electron chi connectivity index (χ0n) is 10.2. The van der Waals surface area contributed by atoms with E-state index in [0.717, 1.165) is 6.54 Å². The van der Waals surface area contributed by atoms with Crippen LogP contribution in [0.25, 0.3) is 10.9 Å². The van der Waals surface area contributed by atoms with Gasteiger partial charge in [-0.3, -0.25) is 0 Å². The molecule has 0 atom stereocenters. The van der Waals surface area contributed by atoms with Gasteiger partial charge in [0, 0.05) is 24.0 Å². The lowest BCUT2D eigenvalue weighted by molar-refractivity contribution is 0.807. The second-order valence-electron chi connectivity index (χ2n) is 4.47. The number of rotatable bonds is 4. The molecule has 2 heteroatoms. The number of hydrogen-bond donors (Lipinski definition) is 0. The van der Waals surface area contributed by atoms with E-state index in [1.807, 2.05) is 11.8 Å². The summed E-state index contributed by atoms with van der Waals surface area (Å²) in [6.45, 7) is 5.59. The van der Waals surface area contributed by atoms with E-state index in [4.69, 9.17) is 0 Å². The molecule has 0 N–H and O–H groups in total. The molecule has 1 aromatic carbocycles. The molecule has 0 saturated heterocycles. The number of fused-ring (bicyclic) bond motifs is 1. The largest absolute Gasteiger partial charge is 0.347 e. The second-order valence-corrected chi connectivity index (χ2v) is 5.46. The van der Waals surface area contributed by atoms with Gasteiger partial charge in [0.05, 0.1) is 0 Å². The summed E-state index contributed by atoms with van der Waals surface area (Å²) < 4.78 is 2.34. The normalized spacial score (nSPS) is 11.5. The van der Waals surface area contributed by atoms with E-state index in [2.05, 4.69) is 55.1 Å². The molecule has 0 aliphatic heterocycles. The van der Waals surface area contributed by atoms with Gasteiger partial charge in [0.25, 0.3) is 0 Å². The third kappa shape index (κ3) is 2.27. The smallest absolute Gasteiger partial charge is 0.0480 e. The minimum atomic E-state index is 0.610. The molecular formula is C14H19NS. The molecule has 86 valence electrons. The minimum absolute atomic E-state index is 0.610. The second kappa shape index (κ2) is 4.96. The fraction of sp³-hybridized carbons (Fsp3) is 0.429. The molecule has 0 spiro atoms. The first-order valence-corrected chi connectivity index (χ1v) is 7.19. The Hall–Kier alpha value is -0.890. The highest BCUT2D eigenvalue weighted by molar-refractivity contribution is 7.98. The van der Waals surface area contributed by atoms with Gasteiger partial charge in [0.15, 0.2) is 0 Å². The average molecular weight is 233 g/mol. The third-order valence-corrected chi connectivity index (χ3v) is 3.59. The highest BCUT2D eigenvalue weighted by atomic mass is 32.2. The lowest BCUT2D eigenvalue weighted by atomic mass is 10.0. The Bertz CT molecular complexity index is 471. The van der Waals surface area contributed by atoms with Gasteiger partial charge in [-0.15, -0.1) is 0 Å². The van der Waals surface area contributed by atoms with Crippen molar-refractivity contribution in [2.24, 2.45) is 0 Å². The monoisotopic (exact) mass is 233 g/mol. The molecule has 0 unspecified atom stereocenters. The maximum absolute atomic E-state index is 2.34. The van der Waals surface area contributed by atoms with Crippen LogP contribution in [0, 0.1) is 0 Å². The van der Waals surface area contributed by atoms with E-state index in [0.29, 0.717) is 5.92 Å². The maximum atomic E-state index is 2.34. The summed E-state index contributed by atoms with van der Waals surface area (Å²) in [7, 11) is 0. The van der Waals surface area contributed by atoms with Gasteiger partial charge in [0.1, 0.15) is 0 Å². The summed E-state index contributed by atoms with van der Waals surface area (Å²) in [6.07, 6.45) is 4.35. The van der Waals surface area contributed by atoms with Crippen LogP contribution in [0.15, 0.2) is 30.5 Å². The van der Waals surface area contributed by atoms with E-state index in [-0.39, 0.29) is 0 Å². The fourth-order valence-electron chi connectivity index (χ4n) is 1.96. The van der Waals surface area contributed by atoms with Crippen LogP contribution in [0.2, 0.25) is 0 Å². The molecule has 1 heterocycles. The van der Waals surface area contributed by atoms with E-state index < -0.39 is 0 Å². The van der Waals surface area contributed by atoms with Crippen molar-refractivity contribution >= 4 is 22.7 Å². The highest BCUT2D eigenvalue weighted by Crippen LogP contribution is 2.22. The molecule has 2 aromatic rings. The Kier molecular flexibility index (Phi) is 3.59. The Morgan fingerprint density at radius 1 is 1.25 bits per heavy atom. The first-order chi connectivity index (χ1) is 7.72. The first-order valence-electron chi connectivity index (χ1n) is 5.80. The van der Waals surface area contributed by atoms with Gasteiger partial charge < -0.3 is 4.57 Å². The fourth-order valence-corrected chi connectivity index (χ4v) is 2.34. The summed E-state index contributed by atoms with van der Waals surface area (Å²) in [5.41, 5.74) is 2.79. The van der Waals surface area contributed by atoms with Crippen LogP contribution >= 0.6 is 11.8 Å². The number of hydrogen-bond acceptors (Lipinski definition) is 1. The van der Waals surface area contributed by atoms with Crippen LogP contribution in [-0.4, -0.2) is 16.6 Å². The molecule has 0 aliphatic rings. The van der Waals surface area contributed by atoms with Gasteiger partial charge in [0.2, 0.25) is 0 Å². The minimum Gasteiger partial charge on any atom is -0.347 e. The maximum Gasteiger partial charge on any atom is 0.0480 e. The van der Waals surface area contributed by atoms with Crippen LogP contribution in [0.3, 0.4) is 0 Å². The quantitative estimate of drug-likeness (QED) is 0.768. The van der Waals surface area contributed by atoms with Crippen LogP contribution in [0.5, 0.6) is 0 Å². The molecule has 0 saturated carbocycles. The summed E-state index contributed by atoms with van der Waals surface area (Å²) in [6, 6.07) is 9.05. The molecule has 0 bridgehead atoms. The van der Waals surface area contributed by atoms with Crippen molar-refractivity contribution < 1.29 is 0 Å². The predicted octanol–water partition coefficient (Wildman–Crippen LogP) is 4.13. The third-order valence-electron chi connectivity index (χ3n) is 3.00. The van der Waals surface area contributed by atoms with Crippen molar-refractivity contribution in [3.63, 3.8) is 0 Å². The molecule has 1 aromatic heterocycles. The summed E-state index contributed by atoms with van der Waals surface area (Å²) in [5.74, 6) is 1.79. The number of aromatic nitrogens is 1. The summed E-state index contributed by atoms with van der Waals surface area (Å²) in [4.78, 5) is 0. The zero-order valence-corrected chi connectivity index (χ0v) is 11.1. The van der Waals surface area contributed by atoms with E-state index in [9.17, 15) is 0 Å². The summed E-state index contributed by atoms with van der Waals surface area (Å²) in [5, 5.41) is 1.37. The van der Waals surface area contributed by atoms with Crippen molar-refractivity contribution in [1.82, 2.24) is 4.57 Å². The zero-order chi connectivity index (χ0) is 11.5. The average Bonchev–Trinajstić information content (AvgIpc) is 2.68. The van der Waals surface area contributed by atoms with E-state index in [1.54, 1.807) is 0 Å². The van der Waals surface area contributed by atoms with Crippen molar-refractivity contribution in [3.05, 3.63) is 36.0 Å². The number of aryl methyl sites for hydroxylation is 1. The van der Waals surface area contributed by atoms with Crippen molar-refractivity contribution in [2.75, 3.05) is 12.0 Å². The molecule has 2 rings (SSSR count). The molecule has 16 heavy (non-hydrogen) atoms. The SMILES string of the molecule is CSCCn1ccc2cc(C(C)C)ccc21. The molecule has 0 fully saturated rings. The van der Waals surface area contributed by atoms with Crippen molar-refractivity contribution in [1.29, 1.82) is 0 Å². The van der Waals surface area contributed by atoms with Crippen LogP contribution < -0.4 is 0 Å². The van der Waals surface area contributed by atoms with Gasteiger partial charge in [-0.1, -0.05) is 19.9 Å². The topological polar surface area (TPSA) is 4.93 Å². The van der Waals surface area contributed by atoms with Crippen molar-refractivity contribution in [2.45, 2.75) is 26.3 Å². The van der Waals surface area contributed by atoms with E-state index in [1.165, 1.54) is 22.2 Å². The Balaban J connectivity index is 2.35. The summed E-state index contributed by atoms with van der Waals surface area (Å²) >= 11 is 1.90. The number of benzene rings is 1. The van der Waals surface area contributed by atoms with Gasteiger partial charge in [-0.25, -0.2) is 0 Å². The predicted molar refractivity (Wildman–Crippen MR) is 74.4 cm³/mol. The van der Waals surface area contributed by atoms with Gasteiger partial charge in [-0.2, -0.15) is 11.8 Å². The lowest BCUT2D eigenvalue weighted by Crippen LogP contribution is -1.98. The van der Waals surface area contributed by atoms with Crippen LogP contribution in [-0.2, 0) is 6.54 Å². The van der Waals surface area contributed by atoms with Crippen LogP contribution in [0.1, 0.15) is 25.3 Å². The lowest BCUT2D eigenvalue weighted by Gasteiger charge is -2.07. The molecule has 1 nitrogen and oxygen atoms in total. The van der Waals surface area contributed by atoms with Gasteiger partial charge in [-0.05, 0) is 41.3 Å². The van der Waals surface area contributed by atoms with Gasteiger partial charge >= 0.3 is 0 Å². The molecule has 0 radical (unpaired) electrons. The number of thioether (sulfide) groups is 1. The Morgan fingerprint density at radius 2 is 2.06 bits per heavy atom. The molecule has 0 amide bonds. The molecule has 0 aliphatic carbocycles. The Morgan fingerprint density at radius 3 is 2.75 bits per heavy atom. The standard InChI is InChI=1S/C14H19NS/c1-11(2)12-4-5-14-13(10-12)6-7-15(14)8-9-16-3/h4-7,10-11H,8-9H2,1-3H3. The number of nitrogens with zero attached hydrogens (tertiary/aromatic N) is 1. The Labute approximate surface area is 102 Å². The van der Waals surface area contributed by atoms with Crippen LogP contribution in [0.4, 0.5) is 0 Å². The molecular weight excluding hydrogens is 214 g/mol. The highest BCUT2D eigenvalue weighted by Gasteiger charge is 2.04. The van der Waals surface area contributed by atoms with Crippen molar-refractivity contribution in [3.8, 4) is 0 Å². The first kappa shape index (κ1) is 11.6.